The molecular weight excluding hydrogens is 1460 g/mol. The summed E-state index contributed by atoms with van der Waals surface area (Å²) in [6, 6.07) is -3.57. The van der Waals surface area contributed by atoms with Gasteiger partial charge in [-0.05, 0) is 0 Å². The minimum Gasteiger partial charge on any atom is -0.394 e. The number of hydrogen-bond donors (Lipinski definition) is 29. The van der Waals surface area contributed by atoms with Gasteiger partial charge < -0.3 is 229 Å². The highest BCUT2D eigenvalue weighted by atomic mass is 16.8. The number of carbonyl (C=O) groups is 2. The molecule has 0 saturated carbocycles. The predicted octanol–water partition coefficient (Wildman–Crippen LogP) is -20.3. The third kappa shape index (κ3) is 18.7. The zero-order valence-corrected chi connectivity index (χ0v) is 56.2. The zero-order valence-electron chi connectivity index (χ0n) is 56.2. The molecule has 0 bridgehead atoms. The van der Waals surface area contributed by atoms with Gasteiger partial charge in [0.25, 0.3) is 0 Å². The summed E-state index contributed by atoms with van der Waals surface area (Å²) >= 11 is 0. The molecule has 0 unspecified atom stereocenters. The summed E-state index contributed by atoms with van der Waals surface area (Å²) in [4.78, 5) is 25.1. The molecule has 9 aliphatic rings. The fourth-order valence-corrected chi connectivity index (χ4v) is 13.5. The second-order valence-corrected chi connectivity index (χ2v) is 26.7. The topological polar surface area (TPSA) is 761 Å². The number of nitrogens with one attached hydrogen (secondary N) is 2. The molecule has 9 fully saturated rings. The molecule has 29 N–H and O–H groups in total. The summed E-state index contributed by atoms with van der Waals surface area (Å²) in [5.74, 6) is -1.73. The fourth-order valence-electron chi connectivity index (χ4n) is 13.5. The smallest absolute Gasteiger partial charge is 0.217 e. The molecule has 0 aromatic rings. The van der Waals surface area contributed by atoms with Crippen molar-refractivity contribution in [2.75, 3.05) is 59.5 Å². The lowest BCUT2D eigenvalue weighted by molar-refractivity contribution is -0.408. The van der Waals surface area contributed by atoms with Crippen LogP contribution in [0.1, 0.15) is 13.8 Å². The Morgan fingerprint density at radius 1 is 0.245 bits per heavy atom. The summed E-state index contributed by atoms with van der Waals surface area (Å²) in [7, 11) is 0. The van der Waals surface area contributed by atoms with Crippen molar-refractivity contribution in [1.29, 1.82) is 0 Å². The SMILES string of the molecule is CC(=O)N[C@@H]1[C@@H](O)[C@H](O[C@@H]2O[C@H](CO)[C@@H](O[C@@H]3O[C@H](CO[C@@H]4O[C@H](CO[C@@H]5O[C@H](CO)[C@@H](O)[C@H](O)[C@@H]5O)[C@@H](O)[C@H](O[C@@H]5O[C@H](CO)[C@@H](O)[C@H](O)[C@@H]5O)[C@@H]4O)[C@@H](O)[C@H](O[C@@H]4O[C@H](CO)[C@@H](O)[C@H](O)[C@@H]4O[C@@H]4O[C@H](CO)[C@@H](O)[C@H](O)[C@@H]4O[C@@H]4O[C@H](CO)[C@@H](O)[C@H](O)[C@@H]4O)[C@@H]3O)[C@H](O)[C@H]2NC(C)=O)[C@@H](CO)O[C@H]1O. The van der Waals surface area contributed by atoms with E-state index in [0.717, 1.165) is 13.8 Å². The van der Waals surface area contributed by atoms with Crippen molar-refractivity contribution in [2.24, 2.45) is 0 Å². The number of rotatable bonds is 27. The van der Waals surface area contributed by atoms with Gasteiger partial charge in [-0.25, -0.2) is 0 Å². The highest BCUT2D eigenvalue weighted by molar-refractivity contribution is 5.73. The Morgan fingerprint density at radius 2 is 0.509 bits per heavy atom. The summed E-state index contributed by atoms with van der Waals surface area (Å²) in [6.45, 7) is -7.74. The number of aliphatic hydroxyl groups excluding tert-OH is 27. The molecule has 106 heavy (non-hydrogen) atoms. The van der Waals surface area contributed by atoms with E-state index in [-0.39, 0.29) is 0 Å². The van der Waals surface area contributed by atoms with Crippen LogP contribution in [0.3, 0.4) is 0 Å². The standard InChI is InChI=1S/C58H98N2O46/c1-12(68)59-23-32(77)44(19(8-66)92-50(23)89)101-51-24(60-13(2)69)33(78)45(20(9-67)98-51)102-56-43(88)47(104-57-49(38(83)29(74)17(6-64)96-57)106-58-48(37(82)28(73)18(7-65)97-58)105-55-41(86)36(81)27(72)16(5-63)95-55)31(76)22(100-56)11-91-53-42(87)46(103-54-40(85)35(80)26(71)15(4-62)94-54)30(75)21(99-53)10-90-52-39(84)34(79)25(70)14(3-61)93-52/h14-58,61-67,70-89H,3-11H2,1-2H3,(H,59,68)(H,60,69)/t14-,15-,16-,17-,18-,19-,20-,21-,22-,23-,24-,25-,26-,27-,28-,29-,30-,31-,32-,33-,34+,35+,36+,37+,38+,39+,40+,41+,42+,43+,44-,45-,46+,47+,48+,49+,50-,51+,52-,53-,54+,55+,56+,57+,58+/m1/s1. The molecule has 2 amide bonds. The van der Waals surface area contributed by atoms with E-state index in [1.165, 1.54) is 0 Å². The van der Waals surface area contributed by atoms with Gasteiger partial charge in [0, 0.05) is 13.8 Å². The second kappa shape index (κ2) is 37.9. The van der Waals surface area contributed by atoms with E-state index in [0.29, 0.717) is 0 Å². The molecule has 0 aliphatic carbocycles. The van der Waals surface area contributed by atoms with Crippen LogP contribution in [0, 0.1) is 0 Å². The van der Waals surface area contributed by atoms with Crippen molar-refractivity contribution >= 4 is 11.8 Å². The molecule has 48 nitrogen and oxygen atoms in total. The first kappa shape index (κ1) is 87.2. The quantitative estimate of drug-likeness (QED) is 0.0363. The van der Waals surface area contributed by atoms with Gasteiger partial charge in [-0.1, -0.05) is 0 Å². The van der Waals surface area contributed by atoms with E-state index < -0.39 is 348 Å². The molecule has 9 aliphatic heterocycles. The van der Waals surface area contributed by atoms with Crippen molar-refractivity contribution in [1.82, 2.24) is 10.6 Å². The van der Waals surface area contributed by atoms with Crippen molar-refractivity contribution in [2.45, 2.75) is 290 Å². The third-order valence-corrected chi connectivity index (χ3v) is 19.5. The van der Waals surface area contributed by atoms with Gasteiger partial charge in [0.1, 0.15) is 220 Å². The molecular formula is C58H98N2O46. The van der Waals surface area contributed by atoms with E-state index in [1.807, 2.05) is 0 Å². The highest BCUT2D eigenvalue weighted by Crippen LogP contribution is 2.40. The fraction of sp³-hybridized carbons (Fsp3) is 0.966. The first-order chi connectivity index (χ1) is 50.2. The molecule has 0 aromatic heterocycles. The maximum Gasteiger partial charge on any atom is 0.217 e. The second-order valence-electron chi connectivity index (χ2n) is 26.7. The Morgan fingerprint density at radius 3 is 0.925 bits per heavy atom. The van der Waals surface area contributed by atoms with Gasteiger partial charge in [-0.15, -0.1) is 0 Å². The average Bonchev–Trinajstić information content (AvgIpc) is 0.771. The number of amides is 2. The number of aliphatic hydroxyl groups is 27. The summed E-state index contributed by atoms with van der Waals surface area (Å²) in [5, 5.41) is 301. The minimum absolute atomic E-state index is 0.788. The Balaban J connectivity index is 1.06. The molecule has 9 saturated heterocycles. The van der Waals surface area contributed by atoms with E-state index in [4.69, 9.17) is 80.5 Å². The van der Waals surface area contributed by atoms with Crippen molar-refractivity contribution in [3.8, 4) is 0 Å². The monoisotopic (exact) mass is 1560 g/mol. The van der Waals surface area contributed by atoms with E-state index in [2.05, 4.69) is 10.6 Å². The lowest BCUT2D eigenvalue weighted by atomic mass is 9.94. The van der Waals surface area contributed by atoms with E-state index in [1.54, 1.807) is 0 Å². The molecule has 0 radical (unpaired) electrons. The lowest BCUT2D eigenvalue weighted by Gasteiger charge is -2.51. The summed E-state index contributed by atoms with van der Waals surface area (Å²) in [5.41, 5.74) is 0. The van der Waals surface area contributed by atoms with Crippen LogP contribution in [0.25, 0.3) is 0 Å². The molecule has 48 heteroatoms. The number of hydrogen-bond acceptors (Lipinski definition) is 46. The van der Waals surface area contributed by atoms with Gasteiger partial charge in [0.15, 0.2) is 56.6 Å². The lowest BCUT2D eigenvalue weighted by Crippen LogP contribution is -2.70. The molecule has 9 heterocycles. The molecule has 616 valence electrons. The minimum atomic E-state index is -2.58. The van der Waals surface area contributed by atoms with Crippen molar-refractivity contribution in [3.05, 3.63) is 0 Å². The number of ether oxygens (including phenoxy) is 17. The number of carbonyl (C=O) groups excluding carboxylic acids is 2. The van der Waals surface area contributed by atoms with Gasteiger partial charge in [0.2, 0.25) is 11.8 Å². The Bertz CT molecular complexity index is 2710. The van der Waals surface area contributed by atoms with E-state index in [9.17, 15) is 147 Å². The van der Waals surface area contributed by atoms with Crippen molar-refractivity contribution < 1.29 is 228 Å². The first-order valence-corrected chi connectivity index (χ1v) is 33.7. The predicted molar refractivity (Wildman–Crippen MR) is 320 cm³/mol. The zero-order chi connectivity index (χ0) is 77.9. The molecule has 0 aromatic carbocycles. The largest absolute Gasteiger partial charge is 0.394 e. The maximum atomic E-state index is 12.9. The maximum absolute atomic E-state index is 12.9. The Hall–Kier alpha value is -2.82. The normalized spacial score (nSPS) is 51.2. The first-order valence-electron chi connectivity index (χ1n) is 33.7. The van der Waals surface area contributed by atoms with Crippen LogP contribution >= 0.6 is 0 Å². The van der Waals surface area contributed by atoms with Crippen LogP contribution in [0.4, 0.5) is 0 Å². The highest BCUT2D eigenvalue weighted by Gasteiger charge is 2.60. The molecule has 0 spiro atoms. The van der Waals surface area contributed by atoms with Gasteiger partial charge >= 0.3 is 0 Å². The van der Waals surface area contributed by atoms with Gasteiger partial charge in [0.05, 0.1) is 59.5 Å². The van der Waals surface area contributed by atoms with Crippen LogP contribution in [-0.4, -0.2) is 485 Å². The van der Waals surface area contributed by atoms with E-state index >= 15 is 0 Å². The average molecular weight is 1560 g/mol. The Kier molecular flexibility index (Phi) is 31.1. The summed E-state index contributed by atoms with van der Waals surface area (Å²) < 4.78 is 98.9. The third-order valence-electron chi connectivity index (χ3n) is 19.5. The van der Waals surface area contributed by atoms with Gasteiger partial charge in [-0.3, -0.25) is 9.59 Å². The Labute approximate surface area is 598 Å². The van der Waals surface area contributed by atoms with Crippen LogP contribution in [0.15, 0.2) is 0 Å². The summed E-state index contributed by atoms with van der Waals surface area (Å²) in [6.07, 6.45) is -90.8. The molecule has 45 atom stereocenters. The van der Waals surface area contributed by atoms with Gasteiger partial charge in [-0.2, -0.15) is 0 Å². The van der Waals surface area contributed by atoms with Crippen LogP contribution in [0.2, 0.25) is 0 Å². The van der Waals surface area contributed by atoms with Crippen molar-refractivity contribution in [3.63, 3.8) is 0 Å². The van der Waals surface area contributed by atoms with Crippen LogP contribution in [-0.2, 0) is 90.1 Å². The van der Waals surface area contributed by atoms with Crippen LogP contribution < -0.4 is 10.6 Å². The molecule has 9 rings (SSSR count). The van der Waals surface area contributed by atoms with Crippen LogP contribution in [0.5, 0.6) is 0 Å².